The molecule has 70 valence electrons. The lowest BCUT2D eigenvalue weighted by atomic mass is 10.4. The lowest BCUT2D eigenvalue weighted by Crippen LogP contribution is -2.07. The van der Waals surface area contributed by atoms with E-state index in [1.165, 1.54) is 0 Å². The monoisotopic (exact) mass is 194 g/mol. The maximum atomic E-state index is 11.6. The zero-order chi connectivity index (χ0) is 9.94. The van der Waals surface area contributed by atoms with Gasteiger partial charge in [-0.05, 0) is 0 Å². The first-order chi connectivity index (χ1) is 5.25. The van der Waals surface area contributed by atoms with Crippen LogP contribution in [0.3, 0.4) is 0 Å². The molecule has 0 aliphatic rings. The first-order valence-electron chi connectivity index (χ1n) is 2.40. The molecule has 0 spiro atoms. The summed E-state index contributed by atoms with van der Waals surface area (Å²) >= 11 is 0. The fraction of sp³-hybridized carbons (Fsp3) is 0.200. The maximum absolute atomic E-state index is 11.6. The Kier molecular flexibility index (Phi) is 3.29. The zero-order valence-electron chi connectivity index (χ0n) is 5.22. The molecule has 0 fully saturated rings. The van der Waals surface area contributed by atoms with Gasteiger partial charge in [0.15, 0.2) is 5.83 Å². The van der Waals surface area contributed by atoms with Crippen LogP contribution in [-0.4, -0.2) is 6.18 Å². The highest BCUT2D eigenvalue weighted by Crippen LogP contribution is 2.28. The molecule has 0 bridgehead atoms. The molecule has 0 radical (unpaired) electrons. The predicted molar refractivity (Wildman–Crippen MR) is 25.6 cm³/mol. The quantitative estimate of drug-likeness (QED) is 0.442. The summed E-state index contributed by atoms with van der Waals surface area (Å²) in [5.41, 5.74) is 0. The third-order valence-electron chi connectivity index (χ3n) is 0.705. The molecule has 0 aliphatic carbocycles. The summed E-state index contributed by atoms with van der Waals surface area (Å²) in [6.45, 7) is 0. The van der Waals surface area contributed by atoms with Gasteiger partial charge in [0, 0.05) is 6.08 Å². The fourth-order valence-corrected chi connectivity index (χ4v) is 0.248. The van der Waals surface area contributed by atoms with E-state index in [0.29, 0.717) is 0 Å². The Balaban J connectivity index is 4.71. The van der Waals surface area contributed by atoms with Crippen LogP contribution in [0.25, 0.3) is 0 Å². The first-order valence-corrected chi connectivity index (χ1v) is 2.40. The minimum atomic E-state index is -5.44. The van der Waals surface area contributed by atoms with Crippen molar-refractivity contribution in [3.8, 4) is 0 Å². The molecule has 0 unspecified atom stereocenters. The van der Waals surface area contributed by atoms with Crippen LogP contribution in [0.2, 0.25) is 0 Å². The Morgan fingerprint density at radius 1 is 0.917 bits per heavy atom. The molecule has 0 aromatic heterocycles. The van der Waals surface area contributed by atoms with Crippen LogP contribution < -0.4 is 0 Å². The maximum Gasteiger partial charge on any atom is 0.443 e. The van der Waals surface area contributed by atoms with Gasteiger partial charge >= 0.3 is 12.3 Å². The van der Waals surface area contributed by atoms with E-state index in [4.69, 9.17) is 0 Å². The molecule has 0 aromatic rings. The van der Waals surface area contributed by atoms with Crippen molar-refractivity contribution in [2.45, 2.75) is 6.18 Å². The van der Waals surface area contributed by atoms with Gasteiger partial charge in [0.2, 0.25) is 5.83 Å². The topological polar surface area (TPSA) is 0 Å². The van der Waals surface area contributed by atoms with E-state index < -0.39 is 30.0 Å². The summed E-state index contributed by atoms with van der Waals surface area (Å²) in [6, 6.07) is 0. The molecule has 7 heteroatoms. The van der Waals surface area contributed by atoms with E-state index in [-0.39, 0.29) is 0 Å². The van der Waals surface area contributed by atoms with E-state index in [9.17, 15) is 30.7 Å². The van der Waals surface area contributed by atoms with Gasteiger partial charge < -0.3 is 0 Å². The first kappa shape index (κ1) is 11.0. The highest BCUT2D eigenvalue weighted by molar-refractivity contribution is 5.17. The van der Waals surface area contributed by atoms with Crippen LogP contribution in [-0.2, 0) is 0 Å². The summed E-state index contributed by atoms with van der Waals surface area (Å²) in [5.74, 6) is -5.45. The number of alkyl halides is 3. The van der Waals surface area contributed by atoms with Gasteiger partial charge in [-0.25, -0.2) is 8.78 Å². The van der Waals surface area contributed by atoms with Gasteiger partial charge in [-0.15, -0.1) is 0 Å². The summed E-state index contributed by atoms with van der Waals surface area (Å²) in [6.07, 6.45) is -9.36. The molecular weight excluding hydrogens is 193 g/mol. The molecule has 0 heterocycles. The Bertz CT molecular complexity index is 216. The molecule has 0 saturated heterocycles. The van der Waals surface area contributed by atoms with Crippen molar-refractivity contribution < 1.29 is 30.7 Å². The molecule has 0 aromatic carbocycles. The second kappa shape index (κ2) is 3.59. The van der Waals surface area contributed by atoms with E-state index in [0.717, 1.165) is 0 Å². The molecule has 0 rings (SSSR count). The van der Waals surface area contributed by atoms with Gasteiger partial charge in [0.25, 0.3) is 0 Å². The molecule has 0 atom stereocenters. The third-order valence-corrected chi connectivity index (χ3v) is 0.705. The number of hydrogen-bond acceptors (Lipinski definition) is 0. The molecule has 12 heavy (non-hydrogen) atoms. The Morgan fingerprint density at radius 2 is 1.33 bits per heavy atom. The van der Waals surface area contributed by atoms with E-state index in [1.54, 1.807) is 0 Å². The third kappa shape index (κ3) is 3.40. The SMILES string of the molecule is FC(F)=C(F)/C=C(\F)C(F)(F)F. The Morgan fingerprint density at radius 3 is 1.58 bits per heavy atom. The van der Waals surface area contributed by atoms with Crippen molar-refractivity contribution in [3.05, 3.63) is 23.8 Å². The van der Waals surface area contributed by atoms with E-state index in [2.05, 4.69) is 0 Å². The number of rotatable bonds is 1. The zero-order valence-corrected chi connectivity index (χ0v) is 5.22. The average molecular weight is 194 g/mol. The second-order valence-electron chi connectivity index (χ2n) is 1.60. The summed E-state index contributed by atoms with van der Waals surface area (Å²) in [5, 5.41) is 0. The van der Waals surface area contributed by atoms with Crippen molar-refractivity contribution in [1.29, 1.82) is 0 Å². The average Bonchev–Trinajstić information content (AvgIpc) is 1.85. The van der Waals surface area contributed by atoms with E-state index >= 15 is 0 Å². The van der Waals surface area contributed by atoms with Crippen LogP contribution >= 0.6 is 0 Å². The fourth-order valence-electron chi connectivity index (χ4n) is 0.248. The van der Waals surface area contributed by atoms with Gasteiger partial charge in [0.05, 0.1) is 0 Å². The molecule has 0 amide bonds. The van der Waals surface area contributed by atoms with Gasteiger partial charge in [-0.1, -0.05) is 0 Å². The highest BCUT2D eigenvalue weighted by atomic mass is 19.4. The minimum Gasteiger partial charge on any atom is -0.202 e. The minimum absolute atomic E-state index is 0.921. The largest absolute Gasteiger partial charge is 0.443 e. The number of allylic oxidation sites excluding steroid dienone is 3. The number of hydrogen-bond donors (Lipinski definition) is 0. The molecule has 0 aliphatic heterocycles. The Labute approximate surface area is 62.0 Å². The van der Waals surface area contributed by atoms with Crippen molar-refractivity contribution in [2.24, 2.45) is 0 Å². The highest BCUT2D eigenvalue weighted by Gasteiger charge is 2.35. The summed E-state index contributed by atoms with van der Waals surface area (Å²) < 4.78 is 79.1. The lowest BCUT2D eigenvalue weighted by Gasteiger charge is -2.00. The Hall–Kier alpha value is -1.01. The predicted octanol–water partition coefficient (Wildman–Crippen LogP) is 3.48. The molecular formula is C5HF7. The molecule has 0 nitrogen and oxygen atoms in total. The molecule has 0 N–H and O–H groups in total. The van der Waals surface area contributed by atoms with Crippen molar-refractivity contribution >= 4 is 0 Å². The van der Waals surface area contributed by atoms with Crippen molar-refractivity contribution in [3.63, 3.8) is 0 Å². The van der Waals surface area contributed by atoms with Gasteiger partial charge in [-0.2, -0.15) is 22.0 Å². The summed E-state index contributed by atoms with van der Waals surface area (Å²) in [7, 11) is 0. The molecule has 0 saturated carbocycles. The van der Waals surface area contributed by atoms with E-state index in [1.807, 2.05) is 0 Å². The van der Waals surface area contributed by atoms with Crippen molar-refractivity contribution in [2.75, 3.05) is 0 Å². The summed E-state index contributed by atoms with van der Waals surface area (Å²) in [4.78, 5) is 0. The standard InChI is InChI=1S/C5HF7/c6-2(4(8)9)1-3(7)5(10,11)12/h1H/b3-1-. The van der Waals surface area contributed by atoms with Crippen LogP contribution in [0.15, 0.2) is 23.8 Å². The van der Waals surface area contributed by atoms with Crippen molar-refractivity contribution in [1.82, 2.24) is 0 Å². The van der Waals surface area contributed by atoms with Crippen LogP contribution in [0.1, 0.15) is 0 Å². The lowest BCUT2D eigenvalue weighted by molar-refractivity contribution is -0.108. The van der Waals surface area contributed by atoms with Crippen LogP contribution in [0.5, 0.6) is 0 Å². The van der Waals surface area contributed by atoms with Gasteiger partial charge in [0.1, 0.15) is 0 Å². The van der Waals surface area contributed by atoms with Gasteiger partial charge in [-0.3, -0.25) is 0 Å². The normalized spacial score (nSPS) is 13.1. The second-order valence-corrected chi connectivity index (χ2v) is 1.60. The smallest absolute Gasteiger partial charge is 0.202 e. The van der Waals surface area contributed by atoms with Crippen LogP contribution in [0.4, 0.5) is 30.7 Å². The van der Waals surface area contributed by atoms with Crippen LogP contribution in [0, 0.1) is 0 Å². The number of halogens is 7.